The SMILES string of the molecule is COCCOCCCOC(C)C(=O)OC(C)(C)C. The zero-order valence-electron chi connectivity index (χ0n) is 12.2. The Balaban J connectivity index is 3.52. The van der Waals surface area contributed by atoms with Crippen molar-refractivity contribution in [2.24, 2.45) is 0 Å². The second-order valence-corrected chi connectivity index (χ2v) is 5.01. The average molecular weight is 262 g/mol. The molecule has 0 saturated carbocycles. The van der Waals surface area contributed by atoms with Crippen LogP contribution in [0.2, 0.25) is 0 Å². The van der Waals surface area contributed by atoms with Crippen LogP contribution < -0.4 is 0 Å². The molecule has 0 N–H and O–H groups in total. The standard InChI is InChI=1S/C13H26O5/c1-11(12(14)18-13(2,3)4)17-8-6-7-16-10-9-15-5/h11H,6-10H2,1-5H3. The van der Waals surface area contributed by atoms with Crippen LogP contribution in [0.5, 0.6) is 0 Å². The molecule has 5 heteroatoms. The van der Waals surface area contributed by atoms with Crippen LogP contribution in [0.3, 0.4) is 0 Å². The van der Waals surface area contributed by atoms with Crippen LogP contribution in [0.1, 0.15) is 34.1 Å². The molecule has 0 saturated heterocycles. The molecule has 1 atom stereocenters. The zero-order valence-corrected chi connectivity index (χ0v) is 12.2. The molecule has 5 nitrogen and oxygen atoms in total. The maximum atomic E-state index is 11.6. The molecule has 18 heavy (non-hydrogen) atoms. The van der Waals surface area contributed by atoms with E-state index in [2.05, 4.69) is 0 Å². The summed E-state index contributed by atoms with van der Waals surface area (Å²) in [6.45, 7) is 9.45. The molecule has 0 aromatic rings. The monoisotopic (exact) mass is 262 g/mol. The molecular weight excluding hydrogens is 236 g/mol. The van der Waals surface area contributed by atoms with Crippen LogP contribution in [-0.4, -0.2) is 51.2 Å². The van der Waals surface area contributed by atoms with E-state index < -0.39 is 11.7 Å². The summed E-state index contributed by atoms with van der Waals surface area (Å²) in [5.74, 6) is -0.331. The van der Waals surface area contributed by atoms with Crippen molar-refractivity contribution < 1.29 is 23.7 Å². The van der Waals surface area contributed by atoms with E-state index in [4.69, 9.17) is 18.9 Å². The number of ether oxygens (including phenoxy) is 4. The number of esters is 1. The van der Waals surface area contributed by atoms with Crippen molar-refractivity contribution in [3.8, 4) is 0 Å². The highest BCUT2D eigenvalue weighted by molar-refractivity contribution is 5.74. The molecule has 0 aliphatic rings. The van der Waals surface area contributed by atoms with Gasteiger partial charge >= 0.3 is 5.97 Å². The molecule has 0 aliphatic carbocycles. The molecule has 0 radical (unpaired) electrons. The molecule has 0 heterocycles. The van der Waals surface area contributed by atoms with Gasteiger partial charge in [0.25, 0.3) is 0 Å². The summed E-state index contributed by atoms with van der Waals surface area (Å²) in [5, 5.41) is 0. The summed E-state index contributed by atoms with van der Waals surface area (Å²) < 4.78 is 20.7. The predicted octanol–water partition coefficient (Wildman–Crippen LogP) is 1.79. The molecule has 0 fully saturated rings. The topological polar surface area (TPSA) is 54.0 Å². The van der Waals surface area contributed by atoms with Gasteiger partial charge in [0, 0.05) is 20.3 Å². The molecule has 0 rings (SSSR count). The summed E-state index contributed by atoms with van der Waals surface area (Å²) in [5.41, 5.74) is -0.474. The van der Waals surface area contributed by atoms with E-state index in [9.17, 15) is 4.79 Å². The van der Waals surface area contributed by atoms with Crippen molar-refractivity contribution in [1.29, 1.82) is 0 Å². The van der Waals surface area contributed by atoms with Gasteiger partial charge in [-0.3, -0.25) is 0 Å². The third-order valence-corrected chi connectivity index (χ3v) is 1.97. The smallest absolute Gasteiger partial charge is 0.335 e. The van der Waals surface area contributed by atoms with Crippen LogP contribution in [0.25, 0.3) is 0 Å². The number of hydrogen-bond acceptors (Lipinski definition) is 5. The fourth-order valence-corrected chi connectivity index (χ4v) is 1.12. The van der Waals surface area contributed by atoms with E-state index >= 15 is 0 Å². The minimum Gasteiger partial charge on any atom is -0.458 e. The van der Waals surface area contributed by atoms with Crippen molar-refractivity contribution in [3.05, 3.63) is 0 Å². The largest absolute Gasteiger partial charge is 0.458 e. The van der Waals surface area contributed by atoms with Gasteiger partial charge in [0.2, 0.25) is 0 Å². The van der Waals surface area contributed by atoms with Crippen LogP contribution in [0, 0.1) is 0 Å². The first-order chi connectivity index (χ1) is 8.37. The Hall–Kier alpha value is -0.650. The third-order valence-electron chi connectivity index (χ3n) is 1.97. The van der Waals surface area contributed by atoms with Gasteiger partial charge in [-0.05, 0) is 34.1 Å². The van der Waals surface area contributed by atoms with Crippen molar-refractivity contribution in [1.82, 2.24) is 0 Å². The lowest BCUT2D eigenvalue weighted by Gasteiger charge is -2.22. The first kappa shape index (κ1) is 17.4. The van der Waals surface area contributed by atoms with Gasteiger partial charge in [-0.25, -0.2) is 4.79 Å². The summed E-state index contributed by atoms with van der Waals surface area (Å²) in [4.78, 5) is 11.6. The van der Waals surface area contributed by atoms with Crippen molar-refractivity contribution >= 4 is 5.97 Å². The van der Waals surface area contributed by atoms with Crippen LogP contribution in [-0.2, 0) is 23.7 Å². The highest BCUT2D eigenvalue weighted by Gasteiger charge is 2.21. The van der Waals surface area contributed by atoms with E-state index in [-0.39, 0.29) is 5.97 Å². The van der Waals surface area contributed by atoms with Crippen molar-refractivity contribution in [2.75, 3.05) is 33.5 Å². The lowest BCUT2D eigenvalue weighted by atomic mass is 10.2. The molecule has 0 aromatic heterocycles. The molecule has 0 aliphatic heterocycles. The van der Waals surface area contributed by atoms with Gasteiger partial charge in [0.15, 0.2) is 6.10 Å². The Labute approximate surface area is 110 Å². The van der Waals surface area contributed by atoms with Crippen molar-refractivity contribution in [2.45, 2.75) is 45.8 Å². The predicted molar refractivity (Wildman–Crippen MR) is 68.6 cm³/mol. The zero-order chi connectivity index (χ0) is 14.0. The van der Waals surface area contributed by atoms with Gasteiger partial charge in [-0.2, -0.15) is 0 Å². The Bertz CT molecular complexity index is 222. The van der Waals surface area contributed by atoms with E-state index in [1.54, 1.807) is 14.0 Å². The van der Waals surface area contributed by atoms with Crippen LogP contribution in [0.4, 0.5) is 0 Å². The Morgan fingerprint density at radius 2 is 1.78 bits per heavy atom. The summed E-state index contributed by atoms with van der Waals surface area (Å²) in [6.07, 6.45) is 0.208. The molecule has 108 valence electrons. The Morgan fingerprint density at radius 1 is 1.11 bits per heavy atom. The average Bonchev–Trinajstić information content (AvgIpc) is 2.25. The first-order valence-electron chi connectivity index (χ1n) is 6.28. The number of rotatable bonds is 9. The number of methoxy groups -OCH3 is 1. The number of hydrogen-bond donors (Lipinski definition) is 0. The lowest BCUT2D eigenvalue weighted by Crippen LogP contribution is -2.32. The number of carbonyl (C=O) groups excluding carboxylic acids is 1. The van der Waals surface area contributed by atoms with Crippen molar-refractivity contribution in [3.63, 3.8) is 0 Å². The summed E-state index contributed by atoms with van der Waals surface area (Å²) in [7, 11) is 1.63. The highest BCUT2D eigenvalue weighted by Crippen LogP contribution is 2.09. The highest BCUT2D eigenvalue weighted by atomic mass is 16.6. The minimum absolute atomic E-state index is 0.331. The molecule has 0 bridgehead atoms. The van der Waals surface area contributed by atoms with Crippen LogP contribution >= 0.6 is 0 Å². The fourth-order valence-electron chi connectivity index (χ4n) is 1.12. The normalized spacial score (nSPS) is 13.4. The van der Waals surface area contributed by atoms with E-state index in [1.807, 2.05) is 20.8 Å². The summed E-state index contributed by atoms with van der Waals surface area (Å²) in [6, 6.07) is 0. The quantitative estimate of drug-likeness (QED) is 0.468. The molecule has 0 aromatic carbocycles. The van der Waals surface area contributed by atoms with Gasteiger partial charge < -0.3 is 18.9 Å². The second kappa shape index (κ2) is 9.30. The van der Waals surface area contributed by atoms with Gasteiger partial charge in [0.05, 0.1) is 13.2 Å². The summed E-state index contributed by atoms with van der Waals surface area (Å²) >= 11 is 0. The minimum atomic E-state index is -0.539. The van der Waals surface area contributed by atoms with E-state index in [1.165, 1.54) is 0 Å². The lowest BCUT2D eigenvalue weighted by molar-refractivity contribution is -0.167. The molecular formula is C13H26O5. The van der Waals surface area contributed by atoms with Gasteiger partial charge in [0.1, 0.15) is 5.60 Å². The Kier molecular flexibility index (Phi) is 8.97. The Morgan fingerprint density at radius 3 is 2.33 bits per heavy atom. The van der Waals surface area contributed by atoms with E-state index in [0.29, 0.717) is 26.4 Å². The van der Waals surface area contributed by atoms with Gasteiger partial charge in [-0.1, -0.05) is 0 Å². The van der Waals surface area contributed by atoms with E-state index in [0.717, 1.165) is 6.42 Å². The van der Waals surface area contributed by atoms with Gasteiger partial charge in [-0.15, -0.1) is 0 Å². The van der Waals surface area contributed by atoms with Crippen LogP contribution in [0.15, 0.2) is 0 Å². The molecule has 1 unspecified atom stereocenters. The number of carbonyl (C=O) groups is 1. The molecule has 0 spiro atoms. The third kappa shape index (κ3) is 10.5. The maximum absolute atomic E-state index is 11.6. The first-order valence-corrected chi connectivity index (χ1v) is 6.28. The maximum Gasteiger partial charge on any atom is 0.335 e. The fraction of sp³-hybridized carbons (Fsp3) is 0.923. The molecule has 0 amide bonds. The second-order valence-electron chi connectivity index (χ2n) is 5.01.